The number of rotatable bonds is 5. The minimum Gasteiger partial charge on any atom is -0.465 e. The van der Waals surface area contributed by atoms with Gasteiger partial charge >= 0.3 is 6.09 Å². The van der Waals surface area contributed by atoms with E-state index in [-0.39, 0.29) is 17.4 Å². The molecule has 2 aromatic rings. The summed E-state index contributed by atoms with van der Waals surface area (Å²) in [5.74, 6) is 3.52. The van der Waals surface area contributed by atoms with Gasteiger partial charge in [0.05, 0.1) is 17.2 Å². The van der Waals surface area contributed by atoms with Crippen molar-refractivity contribution in [2.75, 3.05) is 23.3 Å². The van der Waals surface area contributed by atoms with Crippen molar-refractivity contribution in [3.05, 3.63) is 29.8 Å². The molecule has 2 N–H and O–H groups in total. The van der Waals surface area contributed by atoms with E-state index in [4.69, 9.17) is 4.98 Å². The number of carbonyl (C=O) groups is 2. The number of fused-ring (bicyclic) bond motifs is 1. The first kappa shape index (κ1) is 25.4. The molecule has 1 aromatic heterocycles. The third-order valence-electron chi connectivity index (χ3n) is 9.81. The number of benzene rings is 1. The topological polar surface area (TPSA) is 85.8 Å². The highest BCUT2D eigenvalue weighted by molar-refractivity contribution is 6.02. The number of aromatic nitrogens is 1. The number of nitrogens with one attached hydrogen (secondary N) is 1. The Hall–Kier alpha value is -2.83. The largest absolute Gasteiger partial charge is 0.465 e. The van der Waals surface area contributed by atoms with E-state index in [1.54, 1.807) is 4.90 Å². The van der Waals surface area contributed by atoms with Gasteiger partial charge in [-0.15, -0.1) is 0 Å². The minimum absolute atomic E-state index is 0.0672. The van der Waals surface area contributed by atoms with Gasteiger partial charge < -0.3 is 15.3 Å². The number of nitrogens with zero attached hydrogens (tertiary/aromatic N) is 3. The van der Waals surface area contributed by atoms with Crippen LogP contribution in [0.3, 0.4) is 0 Å². The molecule has 1 aliphatic heterocycles. The van der Waals surface area contributed by atoms with Crippen molar-refractivity contribution in [3.8, 4) is 0 Å². The number of hydrogen-bond donors (Lipinski definition) is 2. The summed E-state index contributed by atoms with van der Waals surface area (Å²) in [6.45, 7) is 9.27. The molecule has 1 aromatic carbocycles. The van der Waals surface area contributed by atoms with Crippen molar-refractivity contribution in [3.63, 3.8) is 0 Å². The van der Waals surface area contributed by atoms with Crippen LogP contribution in [0.4, 0.5) is 16.3 Å². The number of carboxylic acid groups (broad SMARTS) is 1. The zero-order valence-electron chi connectivity index (χ0n) is 23.3. The van der Waals surface area contributed by atoms with Gasteiger partial charge in [-0.3, -0.25) is 9.69 Å². The fourth-order valence-corrected chi connectivity index (χ4v) is 8.83. The Morgan fingerprint density at radius 3 is 2.34 bits per heavy atom. The summed E-state index contributed by atoms with van der Waals surface area (Å²) in [6.07, 6.45) is 8.41. The first-order valence-corrected chi connectivity index (χ1v) is 14.5. The second-order valence-corrected chi connectivity index (χ2v) is 13.8. The SMILES string of the molecule is Cc1ccc2nc(N3CC[C@H](N(C(=O)O)C(C)(C)C)C3)ccc2c1NC(=O)CC12CC3CC(CC(C3)C1)C2. The summed E-state index contributed by atoms with van der Waals surface area (Å²) in [5, 5.41) is 14.1. The molecule has 7 nitrogen and oxygen atoms in total. The average Bonchev–Trinajstić information content (AvgIpc) is 3.27. The summed E-state index contributed by atoms with van der Waals surface area (Å²) in [5.41, 5.74) is 2.54. The first-order valence-electron chi connectivity index (χ1n) is 14.5. The smallest absolute Gasteiger partial charge is 0.408 e. The number of carbonyl (C=O) groups excluding carboxylic acids is 1. The highest BCUT2D eigenvalue weighted by Crippen LogP contribution is 2.61. The van der Waals surface area contributed by atoms with E-state index < -0.39 is 11.6 Å². The predicted octanol–water partition coefficient (Wildman–Crippen LogP) is 6.45. The molecule has 1 atom stereocenters. The lowest BCUT2D eigenvalue weighted by Crippen LogP contribution is -2.52. The van der Waals surface area contributed by atoms with Crippen molar-refractivity contribution in [2.24, 2.45) is 23.2 Å². The van der Waals surface area contributed by atoms with Crippen molar-refractivity contribution >= 4 is 34.4 Å². The Kier molecular flexibility index (Phi) is 6.11. The second kappa shape index (κ2) is 9.13. The molecule has 0 spiro atoms. The lowest BCUT2D eigenvalue weighted by molar-refractivity contribution is -0.124. The molecule has 1 saturated heterocycles. The maximum atomic E-state index is 13.4. The monoisotopic (exact) mass is 518 g/mol. The zero-order chi connectivity index (χ0) is 26.8. The number of aryl methyl sites for hydroxylation is 1. The van der Waals surface area contributed by atoms with Crippen molar-refractivity contribution in [1.29, 1.82) is 0 Å². The third-order valence-corrected chi connectivity index (χ3v) is 9.81. The van der Waals surface area contributed by atoms with E-state index in [9.17, 15) is 14.7 Å². The molecule has 38 heavy (non-hydrogen) atoms. The van der Waals surface area contributed by atoms with Crippen LogP contribution in [0.2, 0.25) is 0 Å². The molecule has 7 heteroatoms. The van der Waals surface area contributed by atoms with Gasteiger partial charge in [0.1, 0.15) is 5.82 Å². The Bertz CT molecular complexity index is 1230. The highest BCUT2D eigenvalue weighted by atomic mass is 16.4. The number of pyridine rings is 1. The molecule has 0 unspecified atom stereocenters. The fourth-order valence-electron chi connectivity index (χ4n) is 8.83. The molecule has 4 bridgehead atoms. The molecular formula is C31H42N4O3. The molecular weight excluding hydrogens is 476 g/mol. The summed E-state index contributed by atoms with van der Waals surface area (Å²) >= 11 is 0. The van der Waals surface area contributed by atoms with E-state index in [0.717, 1.165) is 58.7 Å². The van der Waals surface area contributed by atoms with Crippen LogP contribution in [-0.2, 0) is 4.79 Å². The van der Waals surface area contributed by atoms with Crippen LogP contribution >= 0.6 is 0 Å². The zero-order valence-corrected chi connectivity index (χ0v) is 23.3. The Balaban J connectivity index is 1.19. The van der Waals surface area contributed by atoms with Gasteiger partial charge in [0.2, 0.25) is 5.91 Å². The summed E-state index contributed by atoms with van der Waals surface area (Å²) in [4.78, 5) is 34.1. The van der Waals surface area contributed by atoms with Crippen LogP contribution in [0, 0.1) is 30.1 Å². The Morgan fingerprint density at radius 2 is 1.74 bits per heavy atom. The van der Waals surface area contributed by atoms with Crippen LogP contribution in [-0.4, -0.2) is 51.7 Å². The van der Waals surface area contributed by atoms with Crippen LogP contribution in [0.15, 0.2) is 24.3 Å². The molecule has 5 aliphatic rings. The molecule has 204 valence electrons. The quantitative estimate of drug-likeness (QED) is 0.475. The predicted molar refractivity (Wildman–Crippen MR) is 151 cm³/mol. The van der Waals surface area contributed by atoms with Crippen molar-refractivity contribution < 1.29 is 14.7 Å². The Morgan fingerprint density at radius 1 is 1.08 bits per heavy atom. The van der Waals surface area contributed by atoms with Gasteiger partial charge in [-0.2, -0.15) is 0 Å². The average molecular weight is 519 g/mol. The summed E-state index contributed by atoms with van der Waals surface area (Å²) in [7, 11) is 0. The Labute approximate surface area is 226 Å². The number of anilines is 2. The van der Waals surface area contributed by atoms with E-state index in [1.165, 1.54) is 38.5 Å². The summed E-state index contributed by atoms with van der Waals surface area (Å²) in [6, 6.07) is 8.08. The van der Waals surface area contributed by atoms with Crippen molar-refractivity contribution in [1.82, 2.24) is 9.88 Å². The van der Waals surface area contributed by atoms with Crippen LogP contribution < -0.4 is 10.2 Å². The molecule has 4 saturated carbocycles. The van der Waals surface area contributed by atoms with Gasteiger partial charge in [-0.05, 0) is 120 Å². The minimum atomic E-state index is -0.875. The van der Waals surface area contributed by atoms with Gasteiger partial charge in [0.15, 0.2) is 0 Å². The van der Waals surface area contributed by atoms with E-state index in [1.807, 2.05) is 45.9 Å². The first-order chi connectivity index (χ1) is 18.0. The van der Waals surface area contributed by atoms with Gasteiger partial charge in [-0.1, -0.05) is 6.07 Å². The molecule has 2 amide bonds. The second-order valence-electron chi connectivity index (χ2n) is 13.8. The van der Waals surface area contributed by atoms with E-state index >= 15 is 0 Å². The maximum Gasteiger partial charge on any atom is 0.408 e. The maximum absolute atomic E-state index is 13.4. The van der Waals surface area contributed by atoms with E-state index in [2.05, 4.69) is 16.3 Å². The van der Waals surface area contributed by atoms with Crippen molar-refractivity contribution in [2.45, 2.75) is 90.6 Å². The van der Waals surface area contributed by atoms with Gasteiger partial charge in [0.25, 0.3) is 0 Å². The standard InChI is InChI=1S/C31H42N4O3/c1-19-5-7-25-24(6-8-26(32-25)34-10-9-23(18-34)35(29(37)38)30(2,3)4)28(19)33-27(36)17-31-14-20-11-21(15-31)13-22(12-20)16-31/h5-8,20-23H,9-18H2,1-4H3,(H,33,36)(H,37,38)/t20?,21?,22?,23-,31?/m0/s1. The van der Waals surface area contributed by atoms with Gasteiger partial charge in [-0.25, -0.2) is 9.78 Å². The molecule has 7 rings (SSSR count). The highest BCUT2D eigenvalue weighted by Gasteiger charge is 2.51. The van der Waals surface area contributed by atoms with Crippen LogP contribution in [0.5, 0.6) is 0 Å². The van der Waals surface area contributed by atoms with Crippen LogP contribution in [0.1, 0.15) is 77.7 Å². The number of amides is 2. The third kappa shape index (κ3) is 4.62. The number of hydrogen-bond acceptors (Lipinski definition) is 4. The van der Waals surface area contributed by atoms with Crippen LogP contribution in [0.25, 0.3) is 10.9 Å². The lowest BCUT2D eigenvalue weighted by atomic mass is 9.49. The molecule has 5 fully saturated rings. The summed E-state index contributed by atoms with van der Waals surface area (Å²) < 4.78 is 0. The molecule has 4 aliphatic carbocycles. The fraction of sp³-hybridized carbons (Fsp3) is 0.645. The van der Waals surface area contributed by atoms with E-state index in [0.29, 0.717) is 13.0 Å². The van der Waals surface area contributed by atoms with Gasteiger partial charge in [0, 0.05) is 30.4 Å². The molecule has 0 radical (unpaired) electrons. The normalized spacial score (nSPS) is 30.2. The molecule has 2 heterocycles. The lowest BCUT2D eigenvalue weighted by Gasteiger charge is -2.56.